The monoisotopic (exact) mass is 232 g/mol. The fourth-order valence-electron chi connectivity index (χ4n) is 2.36. The molecule has 1 fully saturated rings. The lowest BCUT2D eigenvalue weighted by molar-refractivity contribution is 0.392. The Balaban J connectivity index is 1.72. The quantitative estimate of drug-likeness (QED) is 0.725. The Kier molecular flexibility index (Phi) is 4.19. The molecule has 2 heteroatoms. The number of benzene rings is 1. The summed E-state index contributed by atoms with van der Waals surface area (Å²) in [4.78, 5) is 2.24. The molecule has 2 nitrogen and oxygen atoms in total. The predicted octanol–water partition coefficient (Wildman–Crippen LogP) is 2.26. The van der Waals surface area contributed by atoms with E-state index in [-0.39, 0.29) is 0 Å². The SMILES string of the molecule is CN(C)CCCNCC1(c2ccccc2)CC1. The molecule has 1 aromatic carbocycles. The summed E-state index contributed by atoms with van der Waals surface area (Å²) in [7, 11) is 4.26. The van der Waals surface area contributed by atoms with Crippen LogP contribution >= 0.6 is 0 Å². The molecule has 2 rings (SSSR count). The lowest BCUT2D eigenvalue weighted by atomic mass is 9.96. The van der Waals surface area contributed by atoms with Crippen LogP contribution < -0.4 is 5.32 Å². The fourth-order valence-corrected chi connectivity index (χ4v) is 2.36. The van der Waals surface area contributed by atoms with Crippen LogP contribution in [0.25, 0.3) is 0 Å². The summed E-state index contributed by atoms with van der Waals surface area (Å²) >= 11 is 0. The number of rotatable bonds is 7. The van der Waals surface area contributed by atoms with Gasteiger partial charge in [-0.05, 0) is 52.0 Å². The van der Waals surface area contributed by atoms with E-state index in [2.05, 4.69) is 54.6 Å². The lowest BCUT2D eigenvalue weighted by Crippen LogP contribution is -2.29. The second-order valence-electron chi connectivity index (χ2n) is 5.48. The molecule has 0 amide bonds. The maximum absolute atomic E-state index is 3.62. The smallest absolute Gasteiger partial charge is 0.00784 e. The molecule has 0 aromatic heterocycles. The van der Waals surface area contributed by atoms with Gasteiger partial charge in [-0.2, -0.15) is 0 Å². The Bertz CT molecular complexity index is 328. The van der Waals surface area contributed by atoms with Crippen LogP contribution in [0, 0.1) is 0 Å². The molecule has 0 unspecified atom stereocenters. The molecule has 0 heterocycles. The highest BCUT2D eigenvalue weighted by Gasteiger charge is 2.43. The summed E-state index contributed by atoms with van der Waals surface area (Å²) in [6.07, 6.45) is 3.92. The molecule has 0 bridgehead atoms. The highest BCUT2D eigenvalue weighted by Crippen LogP contribution is 2.47. The standard InChI is InChI=1S/C15H24N2/c1-17(2)12-6-11-16-13-15(9-10-15)14-7-4-3-5-8-14/h3-5,7-8,16H,6,9-13H2,1-2H3. The van der Waals surface area contributed by atoms with Gasteiger partial charge in [0.25, 0.3) is 0 Å². The molecule has 1 N–H and O–H groups in total. The van der Waals surface area contributed by atoms with Crippen LogP contribution in [0.15, 0.2) is 30.3 Å². The number of nitrogens with zero attached hydrogens (tertiary/aromatic N) is 1. The van der Waals surface area contributed by atoms with E-state index < -0.39 is 0 Å². The van der Waals surface area contributed by atoms with Gasteiger partial charge < -0.3 is 10.2 Å². The van der Waals surface area contributed by atoms with E-state index >= 15 is 0 Å². The summed E-state index contributed by atoms with van der Waals surface area (Å²) in [6.45, 7) is 3.45. The van der Waals surface area contributed by atoms with Crippen LogP contribution in [-0.2, 0) is 5.41 Å². The molecule has 1 aromatic rings. The Morgan fingerprint density at radius 1 is 1.18 bits per heavy atom. The van der Waals surface area contributed by atoms with E-state index in [1.165, 1.54) is 31.4 Å². The summed E-state index contributed by atoms with van der Waals surface area (Å²) in [5.41, 5.74) is 1.97. The van der Waals surface area contributed by atoms with Gasteiger partial charge in [-0.25, -0.2) is 0 Å². The molecular formula is C15H24N2. The van der Waals surface area contributed by atoms with Gasteiger partial charge in [0.2, 0.25) is 0 Å². The van der Waals surface area contributed by atoms with E-state index in [0.717, 1.165) is 13.1 Å². The third-order valence-electron chi connectivity index (χ3n) is 3.66. The maximum Gasteiger partial charge on any atom is 0.00784 e. The average molecular weight is 232 g/mol. The minimum absolute atomic E-state index is 0.458. The molecule has 1 aliphatic carbocycles. The number of nitrogens with one attached hydrogen (secondary N) is 1. The molecular weight excluding hydrogens is 208 g/mol. The minimum atomic E-state index is 0.458. The van der Waals surface area contributed by atoms with Crippen molar-refractivity contribution in [1.82, 2.24) is 10.2 Å². The van der Waals surface area contributed by atoms with Crippen molar-refractivity contribution >= 4 is 0 Å². The first-order chi connectivity index (χ1) is 8.23. The third kappa shape index (κ3) is 3.55. The molecule has 0 spiro atoms. The van der Waals surface area contributed by atoms with Gasteiger partial charge in [-0.3, -0.25) is 0 Å². The molecule has 17 heavy (non-hydrogen) atoms. The maximum atomic E-state index is 3.62. The van der Waals surface area contributed by atoms with Crippen LogP contribution in [0.3, 0.4) is 0 Å². The predicted molar refractivity (Wildman–Crippen MR) is 73.4 cm³/mol. The van der Waals surface area contributed by atoms with E-state index in [0.29, 0.717) is 5.41 Å². The van der Waals surface area contributed by atoms with Crippen LogP contribution in [0.5, 0.6) is 0 Å². The zero-order valence-corrected chi connectivity index (χ0v) is 11.1. The zero-order chi connectivity index (χ0) is 12.1. The first-order valence-corrected chi connectivity index (χ1v) is 6.64. The van der Waals surface area contributed by atoms with E-state index in [1.807, 2.05) is 0 Å². The summed E-state index contributed by atoms with van der Waals surface area (Å²) in [6, 6.07) is 11.0. The van der Waals surface area contributed by atoms with E-state index in [1.54, 1.807) is 0 Å². The largest absolute Gasteiger partial charge is 0.316 e. The lowest BCUT2D eigenvalue weighted by Gasteiger charge is -2.17. The van der Waals surface area contributed by atoms with Gasteiger partial charge >= 0.3 is 0 Å². The van der Waals surface area contributed by atoms with Gasteiger partial charge in [0, 0.05) is 12.0 Å². The second-order valence-corrected chi connectivity index (χ2v) is 5.48. The highest BCUT2D eigenvalue weighted by molar-refractivity contribution is 5.31. The number of hydrogen-bond donors (Lipinski definition) is 1. The van der Waals surface area contributed by atoms with Crippen molar-refractivity contribution < 1.29 is 0 Å². The van der Waals surface area contributed by atoms with Crippen LogP contribution in [0.2, 0.25) is 0 Å². The van der Waals surface area contributed by atoms with Gasteiger partial charge in [-0.1, -0.05) is 30.3 Å². The molecule has 94 valence electrons. The topological polar surface area (TPSA) is 15.3 Å². The molecule has 0 radical (unpaired) electrons. The van der Waals surface area contributed by atoms with E-state index in [9.17, 15) is 0 Å². The first-order valence-electron chi connectivity index (χ1n) is 6.64. The van der Waals surface area contributed by atoms with Crippen molar-refractivity contribution in [2.24, 2.45) is 0 Å². The van der Waals surface area contributed by atoms with Crippen molar-refractivity contribution in [2.45, 2.75) is 24.7 Å². The molecule has 0 aliphatic heterocycles. The zero-order valence-electron chi connectivity index (χ0n) is 11.1. The fraction of sp³-hybridized carbons (Fsp3) is 0.600. The van der Waals surface area contributed by atoms with E-state index in [4.69, 9.17) is 0 Å². The molecule has 0 atom stereocenters. The summed E-state index contributed by atoms with van der Waals surface area (Å²) < 4.78 is 0. The van der Waals surface area contributed by atoms with Crippen molar-refractivity contribution in [1.29, 1.82) is 0 Å². The molecule has 1 saturated carbocycles. The van der Waals surface area contributed by atoms with Crippen molar-refractivity contribution in [3.05, 3.63) is 35.9 Å². The minimum Gasteiger partial charge on any atom is -0.316 e. The van der Waals surface area contributed by atoms with Crippen LogP contribution in [-0.4, -0.2) is 38.6 Å². The average Bonchev–Trinajstić information content (AvgIpc) is 3.11. The van der Waals surface area contributed by atoms with Crippen molar-refractivity contribution in [2.75, 3.05) is 33.7 Å². The highest BCUT2D eigenvalue weighted by atomic mass is 15.1. The summed E-state index contributed by atoms with van der Waals surface area (Å²) in [5.74, 6) is 0. The van der Waals surface area contributed by atoms with Crippen molar-refractivity contribution in [3.8, 4) is 0 Å². The van der Waals surface area contributed by atoms with Crippen molar-refractivity contribution in [3.63, 3.8) is 0 Å². The van der Waals surface area contributed by atoms with Gasteiger partial charge in [-0.15, -0.1) is 0 Å². The second kappa shape index (κ2) is 5.65. The molecule has 1 aliphatic rings. The van der Waals surface area contributed by atoms with Gasteiger partial charge in [0.05, 0.1) is 0 Å². The Labute approximate surface area is 105 Å². The van der Waals surface area contributed by atoms with Gasteiger partial charge in [0.15, 0.2) is 0 Å². The molecule has 0 saturated heterocycles. The Morgan fingerprint density at radius 3 is 2.47 bits per heavy atom. The normalized spacial score (nSPS) is 17.4. The number of hydrogen-bond acceptors (Lipinski definition) is 2. The van der Waals surface area contributed by atoms with Crippen LogP contribution in [0.1, 0.15) is 24.8 Å². The summed E-state index contributed by atoms with van der Waals surface area (Å²) in [5, 5.41) is 3.62. The van der Waals surface area contributed by atoms with Gasteiger partial charge in [0.1, 0.15) is 0 Å². The third-order valence-corrected chi connectivity index (χ3v) is 3.66. The Morgan fingerprint density at radius 2 is 1.88 bits per heavy atom. The first kappa shape index (κ1) is 12.6. The Hall–Kier alpha value is -0.860. The van der Waals surface area contributed by atoms with Crippen LogP contribution in [0.4, 0.5) is 0 Å².